The molecule has 5 nitrogen and oxygen atoms in total. The third kappa shape index (κ3) is 2.48. The normalized spacial score (nSPS) is 10.8. The SMILES string of the molecule is O=c1[nH]cnc2nc(-c3ccc(-c4ccccc4)cc3)cnc12. The maximum atomic E-state index is 11.6. The summed E-state index contributed by atoms with van der Waals surface area (Å²) in [7, 11) is 0. The van der Waals surface area contributed by atoms with Crippen molar-refractivity contribution in [1.82, 2.24) is 19.9 Å². The average Bonchev–Trinajstić information content (AvgIpc) is 2.63. The Hall–Kier alpha value is -3.34. The highest BCUT2D eigenvalue weighted by atomic mass is 16.1. The van der Waals surface area contributed by atoms with E-state index >= 15 is 0 Å². The zero-order chi connectivity index (χ0) is 15.6. The molecule has 0 saturated carbocycles. The summed E-state index contributed by atoms with van der Waals surface area (Å²) in [6.45, 7) is 0. The molecule has 0 fully saturated rings. The minimum absolute atomic E-state index is 0.247. The minimum Gasteiger partial charge on any atom is -0.311 e. The van der Waals surface area contributed by atoms with Crippen molar-refractivity contribution in [2.45, 2.75) is 0 Å². The predicted octanol–water partition coefficient (Wildman–Crippen LogP) is 3.05. The number of benzene rings is 2. The van der Waals surface area contributed by atoms with Crippen molar-refractivity contribution in [2.24, 2.45) is 0 Å². The lowest BCUT2D eigenvalue weighted by Gasteiger charge is -2.04. The fourth-order valence-electron chi connectivity index (χ4n) is 2.45. The maximum Gasteiger partial charge on any atom is 0.278 e. The fraction of sp³-hybridized carbons (Fsp3) is 0. The second-order valence-corrected chi connectivity index (χ2v) is 5.10. The van der Waals surface area contributed by atoms with Crippen LogP contribution in [0.1, 0.15) is 0 Å². The first-order valence-electron chi connectivity index (χ1n) is 7.17. The highest BCUT2D eigenvalue weighted by Gasteiger charge is 2.06. The molecule has 0 unspecified atom stereocenters. The first-order chi connectivity index (χ1) is 11.3. The van der Waals surface area contributed by atoms with Gasteiger partial charge in [0.05, 0.1) is 18.2 Å². The first-order valence-corrected chi connectivity index (χ1v) is 7.17. The van der Waals surface area contributed by atoms with Crippen molar-refractivity contribution >= 4 is 11.2 Å². The third-order valence-corrected chi connectivity index (χ3v) is 3.64. The molecule has 0 bridgehead atoms. The molecule has 0 saturated heterocycles. The molecule has 0 aliphatic rings. The van der Waals surface area contributed by atoms with Gasteiger partial charge in [-0.1, -0.05) is 54.6 Å². The molecule has 110 valence electrons. The number of nitrogens with one attached hydrogen (secondary N) is 1. The summed E-state index contributed by atoms with van der Waals surface area (Å²) in [4.78, 5) is 26.8. The Morgan fingerprint density at radius 1 is 0.783 bits per heavy atom. The van der Waals surface area contributed by atoms with Gasteiger partial charge in [0.25, 0.3) is 5.56 Å². The van der Waals surface area contributed by atoms with Gasteiger partial charge in [-0.15, -0.1) is 0 Å². The van der Waals surface area contributed by atoms with Crippen LogP contribution < -0.4 is 5.56 Å². The van der Waals surface area contributed by atoms with Crippen LogP contribution in [0.15, 0.2) is 71.9 Å². The lowest BCUT2D eigenvalue weighted by atomic mass is 10.0. The third-order valence-electron chi connectivity index (χ3n) is 3.64. The predicted molar refractivity (Wildman–Crippen MR) is 88.8 cm³/mol. The Morgan fingerprint density at radius 3 is 2.26 bits per heavy atom. The first kappa shape index (κ1) is 13.3. The second kappa shape index (κ2) is 5.46. The van der Waals surface area contributed by atoms with Crippen LogP contribution >= 0.6 is 0 Å². The Balaban J connectivity index is 1.75. The molecule has 2 aromatic heterocycles. The van der Waals surface area contributed by atoms with Gasteiger partial charge in [0.1, 0.15) is 0 Å². The summed E-state index contributed by atoms with van der Waals surface area (Å²) in [5, 5.41) is 0. The van der Waals surface area contributed by atoms with Gasteiger partial charge in [-0.05, 0) is 11.1 Å². The van der Waals surface area contributed by atoms with Crippen molar-refractivity contribution in [1.29, 1.82) is 0 Å². The topological polar surface area (TPSA) is 71.5 Å². The number of hydrogen-bond acceptors (Lipinski definition) is 4. The molecular formula is C18H12N4O. The van der Waals surface area contributed by atoms with E-state index in [-0.39, 0.29) is 11.1 Å². The molecule has 0 spiro atoms. The standard InChI is InChI=1S/C18H12N4O/c23-18-16-17(20-11-21-18)22-15(10-19-16)14-8-6-13(7-9-14)12-4-2-1-3-5-12/h1-11H,(H,20,21,22,23). The second-order valence-electron chi connectivity index (χ2n) is 5.10. The number of aromatic amines is 1. The van der Waals surface area contributed by atoms with Crippen LogP contribution in [0.5, 0.6) is 0 Å². The van der Waals surface area contributed by atoms with E-state index in [2.05, 4.69) is 32.1 Å². The number of hydrogen-bond donors (Lipinski definition) is 1. The monoisotopic (exact) mass is 300 g/mol. The van der Waals surface area contributed by atoms with E-state index in [1.165, 1.54) is 6.33 Å². The summed E-state index contributed by atoms with van der Waals surface area (Å²) in [5.74, 6) is 0. The van der Waals surface area contributed by atoms with Gasteiger partial charge in [-0.2, -0.15) is 0 Å². The molecule has 0 aliphatic carbocycles. The zero-order valence-corrected chi connectivity index (χ0v) is 12.1. The van der Waals surface area contributed by atoms with E-state index in [1.54, 1.807) is 6.20 Å². The van der Waals surface area contributed by atoms with E-state index in [1.807, 2.05) is 42.5 Å². The maximum absolute atomic E-state index is 11.6. The molecule has 4 rings (SSSR count). The molecule has 0 atom stereocenters. The van der Waals surface area contributed by atoms with Crippen molar-refractivity contribution in [3.63, 3.8) is 0 Å². The molecule has 0 radical (unpaired) electrons. The van der Waals surface area contributed by atoms with Gasteiger partial charge in [0.15, 0.2) is 11.2 Å². The van der Waals surface area contributed by atoms with Gasteiger partial charge in [0.2, 0.25) is 0 Å². The van der Waals surface area contributed by atoms with Gasteiger partial charge >= 0.3 is 0 Å². The van der Waals surface area contributed by atoms with Gasteiger partial charge in [0, 0.05) is 5.56 Å². The lowest BCUT2D eigenvalue weighted by Crippen LogP contribution is -2.09. The van der Waals surface area contributed by atoms with Crippen LogP contribution in [-0.4, -0.2) is 19.9 Å². The number of fused-ring (bicyclic) bond motifs is 1. The molecule has 4 aromatic rings. The Morgan fingerprint density at radius 2 is 1.48 bits per heavy atom. The van der Waals surface area contributed by atoms with Crippen LogP contribution in [0.3, 0.4) is 0 Å². The van der Waals surface area contributed by atoms with Gasteiger partial charge in [-0.3, -0.25) is 4.79 Å². The highest BCUT2D eigenvalue weighted by Crippen LogP contribution is 2.23. The summed E-state index contributed by atoms with van der Waals surface area (Å²) in [6.07, 6.45) is 2.93. The van der Waals surface area contributed by atoms with Crippen LogP contribution in [0.25, 0.3) is 33.5 Å². The largest absolute Gasteiger partial charge is 0.311 e. The van der Waals surface area contributed by atoms with Crippen molar-refractivity contribution in [3.8, 4) is 22.4 Å². The van der Waals surface area contributed by atoms with Crippen molar-refractivity contribution in [3.05, 3.63) is 77.5 Å². The number of aromatic nitrogens is 4. The molecule has 2 heterocycles. The Kier molecular flexibility index (Phi) is 3.16. The van der Waals surface area contributed by atoms with Crippen LogP contribution in [-0.2, 0) is 0 Å². The van der Waals surface area contributed by atoms with Crippen LogP contribution in [0, 0.1) is 0 Å². The molecular weight excluding hydrogens is 288 g/mol. The highest BCUT2D eigenvalue weighted by molar-refractivity contribution is 5.73. The minimum atomic E-state index is -0.284. The van der Waals surface area contributed by atoms with E-state index in [0.717, 1.165) is 16.7 Å². The summed E-state index contributed by atoms with van der Waals surface area (Å²) in [5.41, 5.74) is 4.23. The number of H-pyrrole nitrogens is 1. The van der Waals surface area contributed by atoms with E-state index in [4.69, 9.17) is 0 Å². The number of rotatable bonds is 2. The summed E-state index contributed by atoms with van der Waals surface area (Å²) in [6, 6.07) is 18.2. The summed E-state index contributed by atoms with van der Waals surface area (Å²) >= 11 is 0. The van der Waals surface area contributed by atoms with E-state index in [9.17, 15) is 4.79 Å². The number of nitrogens with zero attached hydrogens (tertiary/aromatic N) is 3. The quantitative estimate of drug-likeness (QED) is 0.617. The Labute approximate surface area is 131 Å². The molecule has 1 N–H and O–H groups in total. The van der Waals surface area contributed by atoms with E-state index < -0.39 is 0 Å². The molecule has 0 amide bonds. The van der Waals surface area contributed by atoms with Gasteiger partial charge < -0.3 is 4.98 Å². The molecule has 0 aliphatic heterocycles. The van der Waals surface area contributed by atoms with Gasteiger partial charge in [-0.25, -0.2) is 15.0 Å². The Bertz CT molecular complexity index is 1020. The van der Waals surface area contributed by atoms with Crippen molar-refractivity contribution in [2.75, 3.05) is 0 Å². The van der Waals surface area contributed by atoms with Crippen molar-refractivity contribution < 1.29 is 0 Å². The lowest BCUT2D eigenvalue weighted by molar-refractivity contribution is 1.11. The fourth-order valence-corrected chi connectivity index (χ4v) is 2.45. The van der Waals surface area contributed by atoms with E-state index in [0.29, 0.717) is 11.3 Å². The zero-order valence-electron chi connectivity index (χ0n) is 12.1. The molecule has 23 heavy (non-hydrogen) atoms. The van der Waals surface area contributed by atoms with Crippen LogP contribution in [0.2, 0.25) is 0 Å². The molecule has 2 aromatic carbocycles. The van der Waals surface area contributed by atoms with Crippen LogP contribution in [0.4, 0.5) is 0 Å². The molecule has 5 heteroatoms. The summed E-state index contributed by atoms with van der Waals surface area (Å²) < 4.78 is 0. The smallest absolute Gasteiger partial charge is 0.278 e. The average molecular weight is 300 g/mol.